The molecule has 0 bridgehead atoms. The number of rotatable bonds is 4. The fourth-order valence-electron chi connectivity index (χ4n) is 1.85. The van der Waals surface area contributed by atoms with E-state index in [1.54, 1.807) is 12.1 Å². The van der Waals surface area contributed by atoms with E-state index in [1.807, 2.05) is 0 Å². The van der Waals surface area contributed by atoms with E-state index >= 15 is 0 Å². The molecule has 1 atom stereocenters. The Morgan fingerprint density at radius 2 is 2.20 bits per heavy atom. The maximum Gasteiger partial charge on any atom is 0.0353 e. The topological polar surface area (TPSA) is 15.3 Å². The van der Waals surface area contributed by atoms with Gasteiger partial charge in [0, 0.05) is 31.3 Å². The molecule has 1 unspecified atom stereocenters. The monoisotopic (exact) mass is 222 g/mol. The summed E-state index contributed by atoms with van der Waals surface area (Å²) in [6, 6.07) is 11.3. The van der Waals surface area contributed by atoms with Crippen LogP contribution in [0, 0.1) is 0 Å². The van der Waals surface area contributed by atoms with E-state index in [-0.39, 0.29) is 0 Å². The van der Waals surface area contributed by atoms with Gasteiger partial charge < -0.3 is 0 Å². The Labute approximate surface area is 96.3 Å². The SMILES string of the molecule is CCCC1CN(Cc2ccccc2)SN1. The highest BCUT2D eigenvalue weighted by atomic mass is 32.2. The smallest absolute Gasteiger partial charge is 0.0353 e. The largest absolute Gasteiger partial charge is 0.246 e. The molecule has 1 saturated heterocycles. The summed E-state index contributed by atoms with van der Waals surface area (Å²) in [6.45, 7) is 4.44. The number of nitrogens with zero attached hydrogens (tertiary/aromatic N) is 1. The van der Waals surface area contributed by atoms with Crippen LogP contribution in [0.2, 0.25) is 0 Å². The minimum atomic E-state index is 0.670. The van der Waals surface area contributed by atoms with Gasteiger partial charge in [-0.15, -0.1) is 0 Å². The number of benzene rings is 1. The van der Waals surface area contributed by atoms with Gasteiger partial charge in [-0.25, -0.2) is 9.03 Å². The molecule has 0 amide bonds. The molecule has 3 heteroatoms. The van der Waals surface area contributed by atoms with Crippen LogP contribution in [0.25, 0.3) is 0 Å². The highest BCUT2D eigenvalue weighted by Gasteiger charge is 2.21. The Kier molecular flexibility index (Phi) is 4.06. The van der Waals surface area contributed by atoms with Gasteiger partial charge in [0.05, 0.1) is 0 Å². The lowest BCUT2D eigenvalue weighted by atomic mass is 10.1. The van der Waals surface area contributed by atoms with E-state index in [4.69, 9.17) is 0 Å². The molecule has 0 saturated carbocycles. The maximum absolute atomic E-state index is 3.47. The van der Waals surface area contributed by atoms with Crippen LogP contribution in [0.1, 0.15) is 25.3 Å². The van der Waals surface area contributed by atoms with E-state index < -0.39 is 0 Å². The van der Waals surface area contributed by atoms with E-state index in [1.165, 1.54) is 18.4 Å². The van der Waals surface area contributed by atoms with Crippen molar-refractivity contribution in [1.29, 1.82) is 0 Å². The van der Waals surface area contributed by atoms with Crippen LogP contribution in [-0.4, -0.2) is 16.9 Å². The summed E-state index contributed by atoms with van der Waals surface area (Å²) in [5.41, 5.74) is 1.39. The fourth-order valence-corrected chi connectivity index (χ4v) is 2.81. The molecule has 0 aromatic heterocycles. The van der Waals surface area contributed by atoms with E-state index in [9.17, 15) is 0 Å². The van der Waals surface area contributed by atoms with Crippen molar-refractivity contribution in [3.05, 3.63) is 35.9 Å². The summed E-state index contributed by atoms with van der Waals surface area (Å²) in [5, 5.41) is 0. The average Bonchev–Trinajstić information content (AvgIpc) is 2.68. The zero-order chi connectivity index (χ0) is 10.5. The highest BCUT2D eigenvalue weighted by molar-refractivity contribution is 7.95. The number of hydrogen-bond donors (Lipinski definition) is 1. The summed E-state index contributed by atoms with van der Waals surface area (Å²) in [6.07, 6.45) is 2.54. The van der Waals surface area contributed by atoms with Crippen molar-refractivity contribution in [2.24, 2.45) is 0 Å². The third-order valence-electron chi connectivity index (χ3n) is 2.61. The van der Waals surface area contributed by atoms with Gasteiger partial charge in [0.1, 0.15) is 0 Å². The average molecular weight is 222 g/mol. The van der Waals surface area contributed by atoms with Crippen LogP contribution < -0.4 is 4.72 Å². The van der Waals surface area contributed by atoms with Crippen LogP contribution in [-0.2, 0) is 6.54 Å². The lowest BCUT2D eigenvalue weighted by molar-refractivity contribution is 0.437. The van der Waals surface area contributed by atoms with Gasteiger partial charge in [-0.2, -0.15) is 0 Å². The maximum atomic E-state index is 3.47. The highest BCUT2D eigenvalue weighted by Crippen LogP contribution is 2.21. The van der Waals surface area contributed by atoms with Crippen molar-refractivity contribution in [3.63, 3.8) is 0 Å². The molecule has 1 N–H and O–H groups in total. The van der Waals surface area contributed by atoms with Crippen LogP contribution >= 0.6 is 12.1 Å². The first-order valence-electron chi connectivity index (χ1n) is 5.60. The molecule has 1 heterocycles. The standard InChI is InChI=1S/C12H18N2S/c1-2-6-12-10-14(15-13-12)9-11-7-4-3-5-8-11/h3-5,7-8,12-13H,2,6,9-10H2,1H3. The van der Waals surface area contributed by atoms with Gasteiger partial charge in [0.15, 0.2) is 0 Å². The molecule has 1 aliphatic heterocycles. The first-order chi connectivity index (χ1) is 7.38. The predicted molar refractivity (Wildman–Crippen MR) is 66.3 cm³/mol. The molecule has 0 aliphatic carbocycles. The minimum absolute atomic E-state index is 0.670. The van der Waals surface area contributed by atoms with Gasteiger partial charge in [0.2, 0.25) is 0 Å². The molecule has 0 spiro atoms. The van der Waals surface area contributed by atoms with E-state index in [0.29, 0.717) is 6.04 Å². The minimum Gasteiger partial charge on any atom is -0.246 e. The first kappa shape index (κ1) is 11.0. The summed E-state index contributed by atoms with van der Waals surface area (Å²) in [7, 11) is 0. The third kappa shape index (κ3) is 3.23. The molecule has 1 aromatic rings. The van der Waals surface area contributed by atoms with Crippen molar-refractivity contribution in [1.82, 2.24) is 9.03 Å². The van der Waals surface area contributed by atoms with Crippen molar-refractivity contribution in [2.75, 3.05) is 6.54 Å². The second-order valence-corrected chi connectivity index (χ2v) is 4.94. The van der Waals surface area contributed by atoms with Crippen LogP contribution in [0.5, 0.6) is 0 Å². The Bertz CT molecular complexity index is 289. The van der Waals surface area contributed by atoms with Crippen LogP contribution in [0.3, 0.4) is 0 Å². The van der Waals surface area contributed by atoms with E-state index in [0.717, 1.165) is 13.1 Å². The molecule has 2 nitrogen and oxygen atoms in total. The summed E-state index contributed by atoms with van der Waals surface area (Å²) < 4.78 is 5.87. The predicted octanol–water partition coefficient (Wildman–Crippen LogP) is 2.82. The lowest BCUT2D eigenvalue weighted by Gasteiger charge is -2.12. The van der Waals surface area contributed by atoms with Gasteiger partial charge in [-0.3, -0.25) is 0 Å². The van der Waals surface area contributed by atoms with Gasteiger partial charge in [0.25, 0.3) is 0 Å². The third-order valence-corrected chi connectivity index (χ3v) is 3.59. The molecule has 1 aliphatic rings. The molecule has 82 valence electrons. The summed E-state index contributed by atoms with van der Waals surface area (Å²) in [4.78, 5) is 0. The zero-order valence-electron chi connectivity index (χ0n) is 9.15. The Hall–Kier alpha value is -0.510. The van der Waals surface area contributed by atoms with Crippen molar-refractivity contribution in [2.45, 2.75) is 32.4 Å². The summed E-state index contributed by atoms with van der Waals surface area (Å²) >= 11 is 1.77. The quantitative estimate of drug-likeness (QED) is 0.789. The second-order valence-electron chi connectivity index (χ2n) is 4.00. The molecule has 2 rings (SSSR count). The molecule has 15 heavy (non-hydrogen) atoms. The Balaban J connectivity index is 1.82. The van der Waals surface area contributed by atoms with Gasteiger partial charge >= 0.3 is 0 Å². The fraction of sp³-hybridized carbons (Fsp3) is 0.500. The van der Waals surface area contributed by atoms with Crippen LogP contribution in [0.4, 0.5) is 0 Å². The van der Waals surface area contributed by atoms with Crippen molar-refractivity contribution < 1.29 is 0 Å². The number of nitrogens with one attached hydrogen (secondary N) is 1. The summed E-state index contributed by atoms with van der Waals surface area (Å²) in [5.74, 6) is 0. The van der Waals surface area contributed by atoms with Crippen molar-refractivity contribution >= 4 is 12.1 Å². The van der Waals surface area contributed by atoms with Gasteiger partial charge in [-0.05, 0) is 12.0 Å². The number of hydrogen-bond acceptors (Lipinski definition) is 3. The van der Waals surface area contributed by atoms with Crippen LogP contribution in [0.15, 0.2) is 30.3 Å². The Morgan fingerprint density at radius 1 is 1.40 bits per heavy atom. The van der Waals surface area contributed by atoms with Crippen molar-refractivity contribution in [3.8, 4) is 0 Å². The molecular formula is C12H18N2S. The normalized spacial score (nSPS) is 22.1. The lowest BCUT2D eigenvalue weighted by Crippen LogP contribution is -2.22. The molecular weight excluding hydrogens is 204 g/mol. The molecule has 1 aromatic carbocycles. The van der Waals surface area contributed by atoms with Gasteiger partial charge in [-0.1, -0.05) is 43.7 Å². The Morgan fingerprint density at radius 3 is 2.93 bits per heavy atom. The van der Waals surface area contributed by atoms with E-state index in [2.05, 4.69) is 46.3 Å². The second kappa shape index (κ2) is 5.54. The first-order valence-corrected chi connectivity index (χ1v) is 6.37. The zero-order valence-corrected chi connectivity index (χ0v) is 9.96. The molecule has 1 fully saturated rings. The molecule has 0 radical (unpaired) electrons.